The minimum Gasteiger partial charge on any atom is -0.480 e. The first-order valence-electron chi connectivity index (χ1n) is 7.52. The molecule has 0 aromatic carbocycles. The molecule has 1 fully saturated rings. The first-order chi connectivity index (χ1) is 11.4. The van der Waals surface area contributed by atoms with Crippen LogP contribution < -0.4 is 10.6 Å². The van der Waals surface area contributed by atoms with Gasteiger partial charge in [-0.15, -0.1) is 0 Å². The number of likely N-dealkylation sites (N-methyl/N-ethyl adjacent to an activating group) is 1. The SMILES string of the molecule is CCN(CC(=O)O)C1CC(NC(=O)Nc2cnc(C#N)c(Cl)c2)C1. The molecular weight excluding hydrogens is 334 g/mol. The number of aromatic nitrogens is 1. The van der Waals surface area contributed by atoms with Crippen molar-refractivity contribution in [3.8, 4) is 6.07 Å². The number of aliphatic carboxylic acids is 1. The number of nitrogens with zero attached hydrogens (tertiary/aromatic N) is 3. The van der Waals surface area contributed by atoms with E-state index in [1.54, 1.807) is 0 Å². The van der Waals surface area contributed by atoms with E-state index >= 15 is 0 Å². The van der Waals surface area contributed by atoms with E-state index in [1.807, 2.05) is 17.9 Å². The van der Waals surface area contributed by atoms with E-state index in [0.29, 0.717) is 25.1 Å². The lowest BCUT2D eigenvalue weighted by Gasteiger charge is -2.42. The van der Waals surface area contributed by atoms with E-state index in [0.717, 1.165) is 0 Å². The molecule has 2 rings (SSSR count). The number of hydrogen-bond donors (Lipinski definition) is 3. The van der Waals surface area contributed by atoms with Crippen molar-refractivity contribution in [3.05, 3.63) is 23.0 Å². The molecule has 1 saturated carbocycles. The molecule has 0 saturated heterocycles. The molecule has 2 amide bonds. The zero-order valence-electron chi connectivity index (χ0n) is 13.1. The van der Waals surface area contributed by atoms with Crippen molar-refractivity contribution >= 4 is 29.3 Å². The Balaban J connectivity index is 1.79. The Hall–Kier alpha value is -2.37. The minimum absolute atomic E-state index is 0.000317. The Morgan fingerprint density at radius 2 is 2.25 bits per heavy atom. The molecule has 1 aliphatic carbocycles. The second kappa shape index (κ2) is 7.95. The molecular formula is C15H18ClN5O3. The minimum atomic E-state index is -0.851. The van der Waals surface area contributed by atoms with Crippen LogP contribution in [0, 0.1) is 11.3 Å². The summed E-state index contributed by atoms with van der Waals surface area (Å²) >= 11 is 5.86. The average molecular weight is 352 g/mol. The number of anilines is 1. The van der Waals surface area contributed by atoms with E-state index in [9.17, 15) is 9.59 Å². The molecule has 0 bridgehead atoms. The third kappa shape index (κ3) is 4.57. The second-order valence-corrected chi connectivity index (χ2v) is 5.95. The third-order valence-electron chi connectivity index (χ3n) is 3.91. The number of carboxylic acid groups (broad SMARTS) is 1. The highest BCUT2D eigenvalue weighted by Crippen LogP contribution is 2.25. The summed E-state index contributed by atoms with van der Waals surface area (Å²) in [6.07, 6.45) is 2.78. The average Bonchev–Trinajstić information content (AvgIpc) is 2.48. The van der Waals surface area contributed by atoms with Gasteiger partial charge in [0.15, 0.2) is 5.69 Å². The molecule has 24 heavy (non-hydrogen) atoms. The van der Waals surface area contributed by atoms with E-state index in [-0.39, 0.29) is 35.4 Å². The van der Waals surface area contributed by atoms with Gasteiger partial charge in [0.05, 0.1) is 23.5 Å². The summed E-state index contributed by atoms with van der Waals surface area (Å²) in [6.45, 7) is 2.58. The molecule has 0 aliphatic heterocycles. The fraction of sp³-hybridized carbons (Fsp3) is 0.467. The predicted molar refractivity (Wildman–Crippen MR) is 87.8 cm³/mol. The van der Waals surface area contributed by atoms with E-state index in [1.165, 1.54) is 12.3 Å². The van der Waals surface area contributed by atoms with Crippen molar-refractivity contribution in [1.82, 2.24) is 15.2 Å². The number of carbonyl (C=O) groups is 2. The van der Waals surface area contributed by atoms with E-state index < -0.39 is 5.97 Å². The van der Waals surface area contributed by atoms with Crippen molar-refractivity contribution in [2.75, 3.05) is 18.4 Å². The summed E-state index contributed by atoms with van der Waals surface area (Å²) in [7, 11) is 0. The Morgan fingerprint density at radius 3 is 2.79 bits per heavy atom. The highest BCUT2D eigenvalue weighted by Gasteiger charge is 2.34. The van der Waals surface area contributed by atoms with Crippen molar-refractivity contribution in [2.45, 2.75) is 31.8 Å². The molecule has 9 heteroatoms. The van der Waals surface area contributed by atoms with Crippen LogP contribution in [0.25, 0.3) is 0 Å². The fourth-order valence-corrected chi connectivity index (χ4v) is 2.83. The standard InChI is InChI=1S/C15H18ClN5O3/c1-2-21(8-14(22)23)11-3-9(4-11)19-15(24)20-10-5-12(16)13(6-17)18-7-10/h5,7,9,11H,2-4,8H2,1H3,(H,22,23)(H2,19,20,24). The lowest BCUT2D eigenvalue weighted by Crippen LogP contribution is -2.55. The smallest absolute Gasteiger partial charge is 0.319 e. The van der Waals surface area contributed by atoms with E-state index in [2.05, 4.69) is 15.6 Å². The quantitative estimate of drug-likeness (QED) is 0.717. The van der Waals surface area contributed by atoms with Gasteiger partial charge in [-0.1, -0.05) is 18.5 Å². The molecule has 1 aliphatic rings. The molecule has 1 aromatic heterocycles. The maximum atomic E-state index is 11.9. The highest BCUT2D eigenvalue weighted by molar-refractivity contribution is 6.31. The lowest BCUT2D eigenvalue weighted by molar-refractivity contribution is -0.139. The van der Waals surface area contributed by atoms with Crippen molar-refractivity contribution < 1.29 is 14.7 Å². The van der Waals surface area contributed by atoms with Crippen LogP contribution in [0.5, 0.6) is 0 Å². The maximum absolute atomic E-state index is 11.9. The monoisotopic (exact) mass is 351 g/mol. The number of amides is 2. The van der Waals surface area contributed by atoms with Crippen LogP contribution in [0.3, 0.4) is 0 Å². The molecule has 1 aromatic rings. The summed E-state index contributed by atoms with van der Waals surface area (Å²) in [6, 6.07) is 3.08. The number of pyridine rings is 1. The Kier molecular flexibility index (Phi) is 5.95. The number of nitriles is 1. The van der Waals surface area contributed by atoms with Crippen molar-refractivity contribution in [1.29, 1.82) is 5.26 Å². The number of rotatable bonds is 6. The van der Waals surface area contributed by atoms with Crippen LogP contribution in [0.1, 0.15) is 25.5 Å². The molecule has 0 unspecified atom stereocenters. The summed E-state index contributed by atoms with van der Waals surface area (Å²) < 4.78 is 0. The van der Waals surface area contributed by atoms with Crippen LogP contribution in [-0.4, -0.2) is 52.2 Å². The zero-order valence-corrected chi connectivity index (χ0v) is 13.9. The molecule has 1 heterocycles. The molecule has 0 radical (unpaired) electrons. The summed E-state index contributed by atoms with van der Waals surface area (Å²) in [5.41, 5.74) is 0.496. The lowest BCUT2D eigenvalue weighted by atomic mass is 9.85. The predicted octanol–water partition coefficient (Wildman–Crippen LogP) is 1.67. The van der Waals surface area contributed by atoms with Gasteiger partial charge in [0.2, 0.25) is 0 Å². The van der Waals surface area contributed by atoms with Gasteiger partial charge in [-0.05, 0) is 25.5 Å². The van der Waals surface area contributed by atoms with Gasteiger partial charge in [0.1, 0.15) is 6.07 Å². The van der Waals surface area contributed by atoms with Gasteiger partial charge in [-0.2, -0.15) is 5.26 Å². The third-order valence-corrected chi connectivity index (χ3v) is 4.20. The first-order valence-corrected chi connectivity index (χ1v) is 7.89. The number of carboxylic acids is 1. The topological polar surface area (TPSA) is 118 Å². The van der Waals surface area contributed by atoms with Gasteiger partial charge < -0.3 is 15.7 Å². The summed E-state index contributed by atoms with van der Waals surface area (Å²) in [4.78, 5) is 28.4. The molecule has 128 valence electrons. The molecule has 3 N–H and O–H groups in total. The molecule has 8 nitrogen and oxygen atoms in total. The van der Waals surface area contributed by atoms with Crippen LogP contribution in [-0.2, 0) is 4.79 Å². The van der Waals surface area contributed by atoms with Gasteiger partial charge in [-0.25, -0.2) is 9.78 Å². The summed E-state index contributed by atoms with van der Waals surface area (Å²) in [5, 5.41) is 23.2. The molecule has 0 spiro atoms. The van der Waals surface area contributed by atoms with Crippen LogP contribution in [0.4, 0.5) is 10.5 Å². The largest absolute Gasteiger partial charge is 0.480 e. The Bertz CT molecular complexity index is 670. The van der Waals surface area contributed by atoms with Crippen molar-refractivity contribution in [2.24, 2.45) is 0 Å². The van der Waals surface area contributed by atoms with Gasteiger partial charge in [0, 0.05) is 12.1 Å². The number of urea groups is 1. The van der Waals surface area contributed by atoms with Gasteiger partial charge in [-0.3, -0.25) is 9.69 Å². The molecule has 0 atom stereocenters. The summed E-state index contributed by atoms with van der Waals surface area (Å²) in [5.74, 6) is -0.851. The number of carbonyl (C=O) groups excluding carboxylic acids is 1. The highest BCUT2D eigenvalue weighted by atomic mass is 35.5. The normalized spacial score (nSPS) is 19.2. The fourth-order valence-electron chi connectivity index (χ4n) is 2.62. The number of nitrogens with one attached hydrogen (secondary N) is 2. The van der Waals surface area contributed by atoms with Gasteiger partial charge >= 0.3 is 12.0 Å². The van der Waals surface area contributed by atoms with Crippen LogP contribution in [0.2, 0.25) is 5.02 Å². The Labute approximate surface area is 144 Å². The zero-order chi connectivity index (χ0) is 17.7. The van der Waals surface area contributed by atoms with Crippen molar-refractivity contribution in [3.63, 3.8) is 0 Å². The maximum Gasteiger partial charge on any atom is 0.319 e. The van der Waals surface area contributed by atoms with E-state index in [4.69, 9.17) is 22.0 Å². The first kappa shape index (κ1) is 18.0. The Morgan fingerprint density at radius 1 is 1.54 bits per heavy atom. The number of halogens is 1. The number of hydrogen-bond acceptors (Lipinski definition) is 5. The van der Waals surface area contributed by atoms with Crippen LogP contribution in [0.15, 0.2) is 12.3 Å². The van der Waals surface area contributed by atoms with Gasteiger partial charge in [0.25, 0.3) is 0 Å². The van der Waals surface area contributed by atoms with Crippen LogP contribution >= 0.6 is 11.6 Å². The second-order valence-electron chi connectivity index (χ2n) is 5.54.